The first kappa shape index (κ1) is 20.6. The maximum absolute atomic E-state index is 13.1. The summed E-state index contributed by atoms with van der Waals surface area (Å²) in [5, 5.41) is 29.5. The van der Waals surface area contributed by atoms with Gasteiger partial charge in [-0.1, -0.05) is 30.3 Å². The fourth-order valence-electron chi connectivity index (χ4n) is 3.54. The average molecular weight is 448 g/mol. The number of amides is 2. The number of nitriles is 1. The first-order valence-corrected chi connectivity index (χ1v) is 10.2. The number of nitrogens with one attached hydrogen (secondary N) is 4. The second-order valence-corrected chi connectivity index (χ2v) is 7.33. The minimum atomic E-state index is -0.411. The average Bonchev–Trinajstić information content (AvgIpc) is 3.56. The second-order valence-electron chi connectivity index (χ2n) is 7.33. The SMILES string of the molecule is N#Cc1ccc(NC(=O)c2cc3cccc(NC(=O)c4ccccc4)c3[nH]2)c(-c2nn[nH]n2)c1. The van der Waals surface area contributed by atoms with Crippen molar-refractivity contribution < 1.29 is 9.59 Å². The number of carbonyl (C=O) groups excluding carboxylic acids is 2. The number of nitrogens with zero attached hydrogens (tertiary/aromatic N) is 4. The van der Waals surface area contributed by atoms with Crippen LogP contribution < -0.4 is 10.6 Å². The van der Waals surface area contributed by atoms with Crippen LogP contribution in [0.3, 0.4) is 0 Å². The van der Waals surface area contributed by atoms with Crippen molar-refractivity contribution in [1.29, 1.82) is 5.26 Å². The number of rotatable bonds is 5. The molecule has 5 aromatic rings. The number of hydrogen-bond acceptors (Lipinski definition) is 6. The van der Waals surface area contributed by atoms with Gasteiger partial charge in [0.15, 0.2) is 0 Å². The standard InChI is InChI=1S/C24H16N8O2/c25-13-14-9-10-18(17(11-14)22-29-31-32-30-22)27-24(34)20-12-16-7-4-8-19(21(16)26-20)28-23(33)15-5-2-1-3-6-15/h1-12,26H,(H,27,34)(H,28,33)(H,29,30,31,32). The molecule has 0 aliphatic rings. The molecule has 0 spiro atoms. The Labute approximate surface area is 192 Å². The van der Waals surface area contributed by atoms with E-state index < -0.39 is 5.91 Å². The van der Waals surface area contributed by atoms with Gasteiger partial charge in [-0.2, -0.15) is 10.5 Å². The summed E-state index contributed by atoms with van der Waals surface area (Å²) in [5.41, 5.74) is 3.25. The molecule has 2 heterocycles. The van der Waals surface area contributed by atoms with Crippen molar-refractivity contribution in [2.24, 2.45) is 0 Å². The third-order valence-electron chi connectivity index (χ3n) is 5.17. The maximum atomic E-state index is 13.1. The van der Waals surface area contributed by atoms with E-state index in [2.05, 4.69) is 42.3 Å². The molecule has 0 bridgehead atoms. The summed E-state index contributed by atoms with van der Waals surface area (Å²) in [7, 11) is 0. The Kier molecular flexibility index (Phi) is 5.26. The van der Waals surface area contributed by atoms with Gasteiger partial charge in [0.05, 0.1) is 28.5 Å². The number of aromatic nitrogens is 5. The zero-order valence-electron chi connectivity index (χ0n) is 17.5. The molecule has 0 saturated heterocycles. The fourth-order valence-corrected chi connectivity index (χ4v) is 3.54. The first-order chi connectivity index (χ1) is 16.6. The Morgan fingerprint density at radius 1 is 0.882 bits per heavy atom. The Balaban J connectivity index is 1.44. The molecule has 2 aromatic heterocycles. The van der Waals surface area contributed by atoms with Crippen LogP contribution >= 0.6 is 0 Å². The molecular weight excluding hydrogens is 432 g/mol. The van der Waals surface area contributed by atoms with E-state index in [0.717, 1.165) is 5.39 Å². The predicted molar refractivity (Wildman–Crippen MR) is 125 cm³/mol. The fraction of sp³-hybridized carbons (Fsp3) is 0. The van der Waals surface area contributed by atoms with Gasteiger partial charge in [0, 0.05) is 16.5 Å². The third-order valence-corrected chi connectivity index (χ3v) is 5.17. The minimum Gasteiger partial charge on any atom is -0.349 e. The molecule has 34 heavy (non-hydrogen) atoms. The van der Waals surface area contributed by atoms with Crippen LogP contribution in [0.5, 0.6) is 0 Å². The van der Waals surface area contributed by atoms with Crippen LogP contribution in [0, 0.1) is 11.3 Å². The summed E-state index contributed by atoms with van der Waals surface area (Å²) in [6.45, 7) is 0. The summed E-state index contributed by atoms with van der Waals surface area (Å²) in [6, 6.07) is 22.8. The van der Waals surface area contributed by atoms with Gasteiger partial charge in [0.2, 0.25) is 5.82 Å². The van der Waals surface area contributed by atoms with Crippen molar-refractivity contribution >= 4 is 34.1 Å². The summed E-state index contributed by atoms with van der Waals surface area (Å²) in [5.74, 6) is -0.419. The Hall–Kier alpha value is -5.30. The molecule has 10 heteroatoms. The van der Waals surface area contributed by atoms with Crippen LogP contribution in [0.15, 0.2) is 72.8 Å². The lowest BCUT2D eigenvalue weighted by Crippen LogP contribution is -2.13. The summed E-state index contributed by atoms with van der Waals surface area (Å²) < 4.78 is 0. The lowest BCUT2D eigenvalue weighted by atomic mass is 10.1. The van der Waals surface area contributed by atoms with Gasteiger partial charge in [0.25, 0.3) is 11.8 Å². The van der Waals surface area contributed by atoms with Crippen molar-refractivity contribution in [1.82, 2.24) is 25.6 Å². The highest BCUT2D eigenvalue weighted by Crippen LogP contribution is 2.28. The number of H-pyrrole nitrogens is 2. The molecule has 10 nitrogen and oxygen atoms in total. The van der Waals surface area contributed by atoms with Gasteiger partial charge in [-0.3, -0.25) is 9.59 Å². The molecule has 0 aliphatic carbocycles. The number of tetrazole rings is 1. The van der Waals surface area contributed by atoms with Crippen molar-refractivity contribution in [3.8, 4) is 17.5 Å². The topological polar surface area (TPSA) is 152 Å². The molecule has 3 aromatic carbocycles. The molecule has 4 N–H and O–H groups in total. The Bertz CT molecular complexity index is 1550. The first-order valence-electron chi connectivity index (χ1n) is 10.2. The van der Waals surface area contributed by atoms with Crippen LogP contribution in [-0.2, 0) is 0 Å². The Morgan fingerprint density at radius 2 is 1.71 bits per heavy atom. The number of aromatic amines is 2. The van der Waals surface area contributed by atoms with Crippen LogP contribution in [-0.4, -0.2) is 37.4 Å². The number of anilines is 2. The van der Waals surface area contributed by atoms with Crippen LogP contribution in [0.2, 0.25) is 0 Å². The molecule has 0 atom stereocenters. The van der Waals surface area contributed by atoms with E-state index in [0.29, 0.717) is 39.3 Å². The summed E-state index contributed by atoms with van der Waals surface area (Å²) in [6.07, 6.45) is 0. The van der Waals surface area contributed by atoms with Crippen molar-refractivity contribution in [3.05, 3.63) is 89.6 Å². The molecule has 164 valence electrons. The van der Waals surface area contributed by atoms with E-state index in [1.54, 1.807) is 60.7 Å². The van der Waals surface area contributed by atoms with Gasteiger partial charge < -0.3 is 15.6 Å². The van der Waals surface area contributed by atoms with Crippen molar-refractivity contribution in [3.63, 3.8) is 0 Å². The number of fused-ring (bicyclic) bond motifs is 1. The van der Waals surface area contributed by atoms with Crippen LogP contribution in [0.1, 0.15) is 26.4 Å². The van der Waals surface area contributed by atoms with Crippen molar-refractivity contribution in [2.45, 2.75) is 0 Å². The quantitative estimate of drug-likeness (QED) is 0.321. The zero-order valence-corrected chi connectivity index (χ0v) is 17.5. The van der Waals surface area contributed by atoms with E-state index >= 15 is 0 Å². The third kappa shape index (κ3) is 3.96. The van der Waals surface area contributed by atoms with Gasteiger partial charge in [0.1, 0.15) is 5.69 Å². The second kappa shape index (κ2) is 8.68. The smallest absolute Gasteiger partial charge is 0.272 e. The predicted octanol–water partition coefficient (Wildman–Crippen LogP) is 3.72. The van der Waals surface area contributed by atoms with E-state index in [4.69, 9.17) is 0 Å². The van der Waals surface area contributed by atoms with Gasteiger partial charge in [-0.15, -0.1) is 10.2 Å². The van der Waals surface area contributed by atoms with E-state index in [9.17, 15) is 14.9 Å². The lowest BCUT2D eigenvalue weighted by Gasteiger charge is -2.08. The number of para-hydroxylation sites is 1. The molecule has 0 fully saturated rings. The van der Waals surface area contributed by atoms with E-state index in [1.165, 1.54) is 0 Å². The van der Waals surface area contributed by atoms with Crippen LogP contribution in [0.25, 0.3) is 22.3 Å². The highest BCUT2D eigenvalue weighted by Gasteiger charge is 2.17. The highest BCUT2D eigenvalue weighted by molar-refractivity contribution is 6.11. The molecule has 0 unspecified atom stereocenters. The number of hydrogen-bond donors (Lipinski definition) is 4. The number of carbonyl (C=O) groups is 2. The molecular formula is C24H16N8O2. The molecule has 0 aliphatic heterocycles. The minimum absolute atomic E-state index is 0.245. The lowest BCUT2D eigenvalue weighted by molar-refractivity contribution is 0.101. The van der Waals surface area contributed by atoms with Gasteiger partial charge in [-0.25, -0.2) is 0 Å². The molecule has 0 radical (unpaired) electrons. The molecule has 5 rings (SSSR count). The monoisotopic (exact) mass is 448 g/mol. The molecule has 0 saturated carbocycles. The maximum Gasteiger partial charge on any atom is 0.272 e. The van der Waals surface area contributed by atoms with Crippen molar-refractivity contribution in [2.75, 3.05) is 10.6 Å². The normalized spacial score (nSPS) is 10.6. The van der Waals surface area contributed by atoms with E-state index in [-0.39, 0.29) is 11.7 Å². The largest absolute Gasteiger partial charge is 0.349 e. The highest BCUT2D eigenvalue weighted by atomic mass is 16.2. The Morgan fingerprint density at radius 3 is 2.47 bits per heavy atom. The zero-order chi connectivity index (χ0) is 23.5. The summed E-state index contributed by atoms with van der Waals surface area (Å²) in [4.78, 5) is 28.7. The van der Waals surface area contributed by atoms with Crippen LogP contribution in [0.4, 0.5) is 11.4 Å². The number of benzene rings is 3. The van der Waals surface area contributed by atoms with Gasteiger partial charge in [-0.05, 0) is 47.7 Å². The van der Waals surface area contributed by atoms with E-state index in [1.807, 2.05) is 12.1 Å². The van der Waals surface area contributed by atoms with Gasteiger partial charge >= 0.3 is 0 Å². The molecule has 2 amide bonds. The summed E-state index contributed by atoms with van der Waals surface area (Å²) >= 11 is 0.